The van der Waals surface area contributed by atoms with Crippen molar-refractivity contribution in [3.05, 3.63) is 94.5 Å². The molecule has 0 aliphatic carbocycles. The van der Waals surface area contributed by atoms with Gasteiger partial charge in [-0.15, -0.1) is 0 Å². The van der Waals surface area contributed by atoms with E-state index in [4.69, 9.17) is 4.74 Å². The van der Waals surface area contributed by atoms with Crippen LogP contribution in [0.5, 0.6) is 5.75 Å². The minimum atomic E-state index is -0.408. The van der Waals surface area contributed by atoms with Crippen molar-refractivity contribution in [3.63, 3.8) is 0 Å². The van der Waals surface area contributed by atoms with Crippen molar-refractivity contribution in [1.82, 2.24) is 4.90 Å². The van der Waals surface area contributed by atoms with Crippen LogP contribution in [0, 0.1) is 0 Å². The van der Waals surface area contributed by atoms with Crippen LogP contribution in [-0.4, -0.2) is 29.9 Å². The van der Waals surface area contributed by atoms with Crippen LogP contribution in [-0.2, 0) is 9.59 Å². The van der Waals surface area contributed by atoms with Crippen LogP contribution in [0.15, 0.2) is 83.3 Å². The first kappa shape index (κ1) is 19.2. The van der Waals surface area contributed by atoms with Crippen molar-refractivity contribution in [1.29, 1.82) is 0 Å². The molecule has 0 bridgehead atoms. The number of para-hydroxylation sites is 1. The zero-order valence-corrected chi connectivity index (χ0v) is 17.1. The molecule has 1 atom stereocenters. The SMILES string of the molecule is O=C1CN(C(=O)COc2ccccc2)[C@H](c2ccccc2)c2cc(Br)ccc2N1. The molecule has 0 unspecified atom stereocenters. The Kier molecular flexibility index (Phi) is 5.62. The number of ether oxygens (including phenoxy) is 1. The summed E-state index contributed by atoms with van der Waals surface area (Å²) in [6.45, 7) is -0.202. The molecule has 1 N–H and O–H groups in total. The molecule has 0 aromatic heterocycles. The van der Waals surface area contributed by atoms with E-state index >= 15 is 0 Å². The number of amides is 2. The molecule has 6 heteroatoms. The average molecular weight is 451 g/mol. The summed E-state index contributed by atoms with van der Waals surface area (Å²) in [5.74, 6) is 0.116. The van der Waals surface area contributed by atoms with Gasteiger partial charge in [-0.05, 0) is 35.9 Å². The molecule has 146 valence electrons. The zero-order chi connectivity index (χ0) is 20.2. The fraction of sp³-hybridized carbons (Fsp3) is 0.130. The van der Waals surface area contributed by atoms with Crippen LogP contribution in [0.1, 0.15) is 17.2 Å². The quantitative estimate of drug-likeness (QED) is 0.640. The summed E-state index contributed by atoms with van der Waals surface area (Å²) in [6, 6.07) is 24.1. The second-order valence-corrected chi connectivity index (χ2v) is 7.63. The highest BCUT2D eigenvalue weighted by Crippen LogP contribution is 2.37. The molecular formula is C23H19BrN2O3. The van der Waals surface area contributed by atoms with Gasteiger partial charge < -0.3 is 15.0 Å². The summed E-state index contributed by atoms with van der Waals surface area (Å²) in [5, 5.41) is 2.91. The molecule has 3 aromatic carbocycles. The fourth-order valence-electron chi connectivity index (χ4n) is 3.45. The van der Waals surface area contributed by atoms with E-state index in [2.05, 4.69) is 21.2 Å². The summed E-state index contributed by atoms with van der Waals surface area (Å²) in [6.07, 6.45) is 0. The highest BCUT2D eigenvalue weighted by Gasteiger charge is 2.33. The van der Waals surface area contributed by atoms with E-state index in [0.29, 0.717) is 11.4 Å². The summed E-state index contributed by atoms with van der Waals surface area (Å²) >= 11 is 3.51. The largest absolute Gasteiger partial charge is 0.484 e. The summed E-state index contributed by atoms with van der Waals surface area (Å²) < 4.78 is 6.54. The molecule has 0 spiro atoms. The molecule has 0 saturated carbocycles. The predicted octanol–water partition coefficient (Wildman–Crippen LogP) is 4.40. The molecule has 1 aliphatic rings. The molecule has 3 aromatic rings. The third-order valence-electron chi connectivity index (χ3n) is 4.75. The van der Waals surface area contributed by atoms with Crippen LogP contribution >= 0.6 is 15.9 Å². The van der Waals surface area contributed by atoms with Crippen LogP contribution in [0.4, 0.5) is 5.69 Å². The summed E-state index contributed by atoms with van der Waals surface area (Å²) in [5.41, 5.74) is 2.48. The lowest BCUT2D eigenvalue weighted by Crippen LogP contribution is -2.41. The molecule has 1 heterocycles. The van der Waals surface area contributed by atoms with E-state index in [1.807, 2.05) is 66.7 Å². The minimum Gasteiger partial charge on any atom is -0.484 e. The molecule has 2 amide bonds. The number of carbonyl (C=O) groups is 2. The van der Waals surface area contributed by atoms with Crippen LogP contribution in [0.25, 0.3) is 0 Å². The van der Waals surface area contributed by atoms with Crippen molar-refractivity contribution < 1.29 is 14.3 Å². The molecule has 1 aliphatic heterocycles. The topological polar surface area (TPSA) is 58.6 Å². The van der Waals surface area contributed by atoms with Crippen molar-refractivity contribution in [2.45, 2.75) is 6.04 Å². The van der Waals surface area contributed by atoms with E-state index in [1.165, 1.54) is 0 Å². The standard InChI is InChI=1S/C23H19BrN2O3/c24-17-11-12-20-19(13-17)23(16-7-3-1-4-8-16)26(14-21(27)25-20)22(28)15-29-18-9-5-2-6-10-18/h1-13,23H,14-15H2,(H,25,27)/t23-/m1/s1. The number of benzene rings is 3. The third kappa shape index (κ3) is 4.32. The minimum absolute atomic E-state index is 0.0527. The van der Waals surface area contributed by atoms with Gasteiger partial charge >= 0.3 is 0 Å². The molecule has 0 saturated heterocycles. The van der Waals surface area contributed by atoms with Crippen molar-refractivity contribution in [3.8, 4) is 5.75 Å². The van der Waals surface area contributed by atoms with Gasteiger partial charge in [-0.1, -0.05) is 64.5 Å². The summed E-state index contributed by atoms with van der Waals surface area (Å²) in [4.78, 5) is 27.3. The molecule has 5 nitrogen and oxygen atoms in total. The Hall–Kier alpha value is -3.12. The molecule has 29 heavy (non-hydrogen) atoms. The van der Waals surface area contributed by atoms with Crippen LogP contribution < -0.4 is 10.1 Å². The first-order valence-corrected chi connectivity index (χ1v) is 10.0. The van der Waals surface area contributed by atoms with E-state index in [0.717, 1.165) is 15.6 Å². The van der Waals surface area contributed by atoms with Crippen molar-refractivity contribution in [2.24, 2.45) is 0 Å². The first-order valence-electron chi connectivity index (χ1n) is 9.23. The summed E-state index contributed by atoms with van der Waals surface area (Å²) in [7, 11) is 0. The van der Waals surface area contributed by atoms with E-state index < -0.39 is 6.04 Å². The average Bonchev–Trinajstić information content (AvgIpc) is 2.89. The maximum absolute atomic E-state index is 13.2. The van der Waals surface area contributed by atoms with Gasteiger partial charge in [0.1, 0.15) is 12.3 Å². The Morgan fingerprint density at radius 1 is 1.03 bits per heavy atom. The molecule has 0 fully saturated rings. The van der Waals surface area contributed by atoms with Gasteiger partial charge in [0.25, 0.3) is 5.91 Å². The molecule has 4 rings (SSSR count). The van der Waals surface area contributed by atoms with Crippen molar-refractivity contribution in [2.75, 3.05) is 18.5 Å². The van der Waals surface area contributed by atoms with Gasteiger partial charge in [0.15, 0.2) is 6.61 Å². The normalized spacial score (nSPS) is 15.8. The van der Waals surface area contributed by atoms with Gasteiger partial charge in [-0.3, -0.25) is 9.59 Å². The Bertz CT molecular complexity index is 1020. The monoisotopic (exact) mass is 450 g/mol. The highest BCUT2D eigenvalue weighted by molar-refractivity contribution is 9.10. The molecule has 0 radical (unpaired) electrons. The van der Waals surface area contributed by atoms with Crippen molar-refractivity contribution >= 4 is 33.4 Å². The highest BCUT2D eigenvalue weighted by atomic mass is 79.9. The molecular weight excluding hydrogens is 432 g/mol. The number of hydrogen-bond acceptors (Lipinski definition) is 3. The Morgan fingerprint density at radius 2 is 1.72 bits per heavy atom. The third-order valence-corrected chi connectivity index (χ3v) is 5.24. The Balaban J connectivity index is 1.71. The van der Waals surface area contributed by atoms with Gasteiger partial charge in [-0.25, -0.2) is 0 Å². The smallest absolute Gasteiger partial charge is 0.261 e. The van der Waals surface area contributed by atoms with Gasteiger partial charge in [0, 0.05) is 15.7 Å². The maximum Gasteiger partial charge on any atom is 0.261 e. The number of nitrogens with zero attached hydrogens (tertiary/aromatic N) is 1. The fourth-order valence-corrected chi connectivity index (χ4v) is 3.83. The maximum atomic E-state index is 13.2. The second kappa shape index (κ2) is 8.49. The van der Waals surface area contributed by atoms with Crippen LogP contribution in [0.2, 0.25) is 0 Å². The van der Waals surface area contributed by atoms with Crippen LogP contribution in [0.3, 0.4) is 0 Å². The van der Waals surface area contributed by atoms with E-state index in [9.17, 15) is 9.59 Å². The Labute approximate surface area is 177 Å². The van der Waals surface area contributed by atoms with E-state index in [1.54, 1.807) is 17.0 Å². The lowest BCUT2D eigenvalue weighted by atomic mass is 9.96. The lowest BCUT2D eigenvalue weighted by Gasteiger charge is -2.30. The Morgan fingerprint density at radius 3 is 2.45 bits per heavy atom. The number of anilines is 1. The zero-order valence-electron chi connectivity index (χ0n) is 15.5. The number of nitrogens with one attached hydrogen (secondary N) is 1. The second-order valence-electron chi connectivity index (χ2n) is 6.72. The van der Waals surface area contributed by atoms with E-state index in [-0.39, 0.29) is 25.0 Å². The first-order chi connectivity index (χ1) is 14.1. The van der Waals surface area contributed by atoms with Gasteiger partial charge in [0.05, 0.1) is 6.04 Å². The van der Waals surface area contributed by atoms with Gasteiger partial charge in [-0.2, -0.15) is 0 Å². The number of carbonyl (C=O) groups excluding carboxylic acids is 2. The number of fused-ring (bicyclic) bond motifs is 1. The lowest BCUT2D eigenvalue weighted by molar-refractivity contribution is -0.138. The number of rotatable bonds is 4. The van der Waals surface area contributed by atoms with Gasteiger partial charge in [0.2, 0.25) is 5.91 Å². The number of halogens is 1. The predicted molar refractivity (Wildman–Crippen MR) is 115 cm³/mol. The number of hydrogen-bond donors (Lipinski definition) is 1.